The van der Waals surface area contributed by atoms with Gasteiger partial charge < -0.3 is 4.90 Å². The minimum absolute atomic E-state index is 0.0667. The topological polar surface area (TPSA) is 50.3 Å². The second kappa shape index (κ2) is 6.90. The Labute approximate surface area is 150 Å². The number of hydrogen-bond acceptors (Lipinski definition) is 4. The molecule has 0 spiro atoms. The molecule has 3 rings (SSSR count). The van der Waals surface area contributed by atoms with Gasteiger partial charge in [0.2, 0.25) is 0 Å². The van der Waals surface area contributed by atoms with Crippen LogP contribution in [0.5, 0.6) is 0 Å². The smallest absolute Gasteiger partial charge is 0.356 e. The van der Waals surface area contributed by atoms with Gasteiger partial charge in [-0.25, -0.2) is 13.4 Å². The van der Waals surface area contributed by atoms with Gasteiger partial charge in [-0.15, -0.1) is 0 Å². The lowest BCUT2D eigenvalue weighted by Crippen LogP contribution is -2.30. The minimum atomic E-state index is -4.52. The van der Waals surface area contributed by atoms with Gasteiger partial charge in [-0.05, 0) is 43.0 Å². The highest BCUT2D eigenvalue weighted by Gasteiger charge is 2.32. The van der Waals surface area contributed by atoms with E-state index in [4.69, 9.17) is 0 Å². The van der Waals surface area contributed by atoms with E-state index in [0.717, 1.165) is 50.9 Å². The molecule has 4 nitrogen and oxygen atoms in total. The molecule has 1 aliphatic heterocycles. The van der Waals surface area contributed by atoms with Gasteiger partial charge in [0.25, 0.3) is 0 Å². The molecule has 26 heavy (non-hydrogen) atoms. The molecule has 0 amide bonds. The van der Waals surface area contributed by atoms with Crippen LogP contribution in [0.25, 0.3) is 11.1 Å². The number of halogens is 3. The quantitative estimate of drug-likeness (QED) is 0.797. The third-order valence-corrected chi connectivity index (χ3v) is 5.53. The van der Waals surface area contributed by atoms with Gasteiger partial charge in [0.05, 0.1) is 10.5 Å². The van der Waals surface area contributed by atoms with Crippen LogP contribution in [-0.4, -0.2) is 32.7 Å². The second-order valence-electron chi connectivity index (χ2n) is 6.44. The molecule has 1 aromatic carbocycles. The summed E-state index contributed by atoms with van der Waals surface area (Å²) in [5, 5.41) is 0. The third-order valence-electron chi connectivity index (χ3n) is 4.42. The molecule has 0 unspecified atom stereocenters. The van der Waals surface area contributed by atoms with Crippen molar-refractivity contribution in [3.8, 4) is 11.1 Å². The minimum Gasteiger partial charge on any atom is -0.356 e. The van der Waals surface area contributed by atoms with E-state index >= 15 is 0 Å². The van der Waals surface area contributed by atoms with Crippen LogP contribution >= 0.6 is 0 Å². The summed E-state index contributed by atoms with van der Waals surface area (Å²) in [7, 11) is -3.47. The second-order valence-corrected chi connectivity index (χ2v) is 8.46. The lowest BCUT2D eigenvalue weighted by atomic mass is 10.0. The number of benzene rings is 1. The fourth-order valence-corrected chi connectivity index (χ4v) is 3.74. The van der Waals surface area contributed by atoms with Gasteiger partial charge in [0.1, 0.15) is 5.82 Å². The van der Waals surface area contributed by atoms with Crippen LogP contribution in [0.15, 0.2) is 41.4 Å². The number of alkyl halides is 3. The molecule has 0 aliphatic carbocycles. The zero-order chi connectivity index (χ0) is 18.9. The number of rotatable bonds is 3. The van der Waals surface area contributed by atoms with E-state index in [1.54, 1.807) is 6.07 Å². The summed E-state index contributed by atoms with van der Waals surface area (Å²) >= 11 is 0. The molecule has 1 aromatic heterocycles. The third kappa shape index (κ3) is 4.00. The zero-order valence-corrected chi connectivity index (χ0v) is 15.1. The largest absolute Gasteiger partial charge is 0.417 e. The SMILES string of the molecule is CS(=O)(=O)c1cccc(-c2cc(C(F)(F)F)cnc2N2CCCCC2)c1. The van der Waals surface area contributed by atoms with Crippen molar-refractivity contribution in [2.24, 2.45) is 0 Å². The maximum Gasteiger partial charge on any atom is 0.417 e. The van der Waals surface area contributed by atoms with Crippen molar-refractivity contribution in [3.05, 3.63) is 42.1 Å². The summed E-state index contributed by atoms with van der Waals surface area (Å²) in [6.45, 7) is 1.44. The summed E-state index contributed by atoms with van der Waals surface area (Å²) in [5.74, 6) is 0.461. The first-order chi connectivity index (χ1) is 12.2. The molecule has 0 atom stereocenters. The van der Waals surface area contributed by atoms with E-state index in [1.165, 1.54) is 18.2 Å². The molecule has 1 saturated heterocycles. The zero-order valence-electron chi connectivity index (χ0n) is 14.3. The standard InChI is InChI=1S/C18H19F3N2O2S/c1-26(24,25)15-7-5-6-13(10-15)16-11-14(18(19,20)21)12-22-17(16)23-8-3-2-4-9-23/h5-7,10-12H,2-4,8-9H2,1H3. The highest BCUT2D eigenvalue weighted by atomic mass is 32.2. The number of pyridine rings is 1. The molecule has 0 radical (unpaired) electrons. The molecule has 0 saturated carbocycles. The average Bonchev–Trinajstić information content (AvgIpc) is 2.60. The van der Waals surface area contributed by atoms with Crippen LogP contribution in [0.4, 0.5) is 19.0 Å². The van der Waals surface area contributed by atoms with Gasteiger partial charge in [0, 0.05) is 31.1 Å². The maximum atomic E-state index is 13.2. The predicted octanol–water partition coefficient (Wildman–Crippen LogP) is 4.16. The molecule has 1 fully saturated rings. The van der Waals surface area contributed by atoms with Crippen molar-refractivity contribution in [1.82, 2.24) is 4.98 Å². The molecule has 0 N–H and O–H groups in total. The first kappa shape index (κ1) is 18.7. The van der Waals surface area contributed by atoms with Crippen molar-refractivity contribution in [3.63, 3.8) is 0 Å². The van der Waals surface area contributed by atoms with Crippen LogP contribution in [-0.2, 0) is 16.0 Å². The van der Waals surface area contributed by atoms with Crippen LogP contribution in [0, 0.1) is 0 Å². The number of sulfone groups is 1. The van der Waals surface area contributed by atoms with Gasteiger partial charge in [0.15, 0.2) is 9.84 Å². The Kier molecular flexibility index (Phi) is 4.96. The molecule has 140 valence electrons. The van der Waals surface area contributed by atoms with E-state index in [-0.39, 0.29) is 4.90 Å². The number of nitrogens with zero attached hydrogens (tertiary/aromatic N) is 2. The van der Waals surface area contributed by atoms with E-state index in [1.807, 2.05) is 4.90 Å². The monoisotopic (exact) mass is 384 g/mol. The van der Waals surface area contributed by atoms with E-state index in [0.29, 0.717) is 16.9 Å². The molecular formula is C18H19F3N2O2S. The summed E-state index contributed by atoms with van der Waals surface area (Å²) in [5.41, 5.74) is -0.141. The van der Waals surface area contributed by atoms with E-state index in [2.05, 4.69) is 4.98 Å². The summed E-state index contributed by atoms with van der Waals surface area (Å²) < 4.78 is 63.2. The first-order valence-electron chi connectivity index (χ1n) is 8.29. The molecule has 0 bridgehead atoms. The van der Waals surface area contributed by atoms with Crippen LogP contribution < -0.4 is 4.90 Å². The highest BCUT2D eigenvalue weighted by Crippen LogP contribution is 2.37. The Balaban J connectivity index is 2.16. The lowest BCUT2D eigenvalue weighted by Gasteiger charge is -2.30. The van der Waals surface area contributed by atoms with Crippen molar-refractivity contribution in [1.29, 1.82) is 0 Å². The maximum absolute atomic E-state index is 13.2. The fraction of sp³-hybridized carbons (Fsp3) is 0.389. The van der Waals surface area contributed by atoms with Gasteiger partial charge in [-0.3, -0.25) is 0 Å². The molecule has 2 heterocycles. The fourth-order valence-electron chi connectivity index (χ4n) is 3.08. The average molecular weight is 384 g/mol. The van der Waals surface area contributed by atoms with E-state index in [9.17, 15) is 21.6 Å². The van der Waals surface area contributed by atoms with Crippen molar-refractivity contribution < 1.29 is 21.6 Å². The Morgan fingerprint density at radius 2 is 1.77 bits per heavy atom. The van der Waals surface area contributed by atoms with Crippen molar-refractivity contribution in [2.45, 2.75) is 30.3 Å². The predicted molar refractivity (Wildman–Crippen MR) is 93.8 cm³/mol. The van der Waals surface area contributed by atoms with Gasteiger partial charge in [-0.2, -0.15) is 13.2 Å². The normalized spacial score (nSPS) is 15.9. The lowest BCUT2D eigenvalue weighted by molar-refractivity contribution is -0.137. The Bertz CT molecular complexity index is 905. The highest BCUT2D eigenvalue weighted by molar-refractivity contribution is 7.90. The van der Waals surface area contributed by atoms with Crippen molar-refractivity contribution in [2.75, 3.05) is 24.2 Å². The molecule has 1 aliphatic rings. The summed E-state index contributed by atoms with van der Waals surface area (Å²) in [6, 6.07) is 7.03. The van der Waals surface area contributed by atoms with Crippen LogP contribution in [0.3, 0.4) is 0 Å². The Morgan fingerprint density at radius 3 is 2.38 bits per heavy atom. The van der Waals surface area contributed by atoms with Crippen LogP contribution in [0.1, 0.15) is 24.8 Å². The number of piperidine rings is 1. The molecule has 8 heteroatoms. The van der Waals surface area contributed by atoms with Gasteiger partial charge >= 0.3 is 6.18 Å². The Morgan fingerprint density at radius 1 is 1.08 bits per heavy atom. The summed E-state index contributed by atoms with van der Waals surface area (Å²) in [6.07, 6.45) is 0.375. The molecule has 2 aromatic rings. The number of anilines is 1. The first-order valence-corrected chi connectivity index (χ1v) is 10.2. The van der Waals surface area contributed by atoms with Crippen LogP contribution in [0.2, 0.25) is 0 Å². The summed E-state index contributed by atoms with van der Waals surface area (Å²) in [4.78, 5) is 6.12. The Hall–Kier alpha value is -2.09. The van der Waals surface area contributed by atoms with E-state index < -0.39 is 21.6 Å². The van der Waals surface area contributed by atoms with Gasteiger partial charge in [-0.1, -0.05) is 12.1 Å². The van der Waals surface area contributed by atoms with Crippen molar-refractivity contribution >= 4 is 15.7 Å². The number of hydrogen-bond donors (Lipinski definition) is 0. The number of aromatic nitrogens is 1. The molecular weight excluding hydrogens is 365 g/mol.